The largest absolute Gasteiger partial charge is 0.364 e. The summed E-state index contributed by atoms with van der Waals surface area (Å²) >= 11 is 7.38. The summed E-state index contributed by atoms with van der Waals surface area (Å²) in [5.41, 5.74) is 1.92. The molecule has 1 aliphatic rings. The highest BCUT2D eigenvalue weighted by Gasteiger charge is 2.26. The first-order valence-corrected chi connectivity index (χ1v) is 6.99. The molecule has 19 heavy (non-hydrogen) atoms. The van der Waals surface area contributed by atoms with Crippen LogP contribution >= 0.6 is 23.4 Å². The van der Waals surface area contributed by atoms with Crippen LogP contribution in [0.2, 0.25) is 0 Å². The number of alkyl halides is 1. The van der Waals surface area contributed by atoms with Gasteiger partial charge in [0.05, 0.1) is 5.69 Å². The molecule has 0 atom stereocenters. The van der Waals surface area contributed by atoms with E-state index in [1.54, 1.807) is 25.7 Å². The van der Waals surface area contributed by atoms with E-state index in [-0.39, 0.29) is 0 Å². The van der Waals surface area contributed by atoms with Crippen molar-refractivity contribution in [3.8, 4) is 0 Å². The molecule has 0 unspecified atom stereocenters. The smallest absolute Gasteiger partial charge is 0.168 e. The molecule has 3 rings (SSSR count). The van der Waals surface area contributed by atoms with Gasteiger partial charge in [-0.3, -0.25) is 4.90 Å². The lowest BCUT2D eigenvalue weighted by atomic mass is 10.2. The van der Waals surface area contributed by atoms with Crippen LogP contribution in [0.1, 0.15) is 5.56 Å². The van der Waals surface area contributed by atoms with E-state index in [2.05, 4.69) is 15.0 Å². The Morgan fingerprint density at radius 2 is 2.11 bits per heavy atom. The van der Waals surface area contributed by atoms with Crippen LogP contribution in [0.25, 0.3) is 0 Å². The third kappa shape index (κ3) is 2.27. The summed E-state index contributed by atoms with van der Waals surface area (Å²) in [6, 6.07) is 2.01. The first-order chi connectivity index (χ1) is 9.33. The highest BCUT2D eigenvalue weighted by atomic mass is 35.5. The van der Waals surface area contributed by atoms with Gasteiger partial charge in [-0.15, -0.1) is 11.6 Å². The Kier molecular flexibility index (Phi) is 3.54. The molecule has 0 spiro atoms. The Hall–Kier alpha value is -1.37. The summed E-state index contributed by atoms with van der Waals surface area (Å²) < 4.78 is 5.26. The lowest BCUT2D eigenvalue weighted by Gasteiger charge is -2.29. The lowest BCUT2D eigenvalue weighted by molar-refractivity contribution is 0.204. The van der Waals surface area contributed by atoms with Gasteiger partial charge in [-0.2, -0.15) is 0 Å². The Labute approximate surface area is 120 Å². The summed E-state index contributed by atoms with van der Waals surface area (Å²) in [5.74, 6) is 1.22. The molecule has 98 valence electrons. The maximum absolute atomic E-state index is 5.87. The maximum Gasteiger partial charge on any atom is 0.168 e. The number of pyridine rings is 1. The summed E-state index contributed by atoms with van der Waals surface area (Å²) in [6.45, 7) is 0.396. The van der Waals surface area contributed by atoms with Crippen molar-refractivity contribution in [3.05, 3.63) is 30.2 Å². The zero-order valence-electron chi connectivity index (χ0n) is 10.2. The molecule has 2 aromatic rings. The molecule has 5 nitrogen and oxygen atoms in total. The molecule has 3 heterocycles. The van der Waals surface area contributed by atoms with Crippen LogP contribution in [0.5, 0.6) is 0 Å². The number of nitrogens with zero attached hydrogens (tertiary/aromatic N) is 4. The highest BCUT2D eigenvalue weighted by Crippen LogP contribution is 2.44. The third-order valence-corrected chi connectivity index (χ3v) is 3.99. The van der Waals surface area contributed by atoms with Crippen LogP contribution in [-0.2, 0) is 10.6 Å². The third-order valence-electron chi connectivity index (χ3n) is 2.69. The Morgan fingerprint density at radius 3 is 2.89 bits per heavy atom. The molecule has 0 saturated heterocycles. The van der Waals surface area contributed by atoms with E-state index in [9.17, 15) is 0 Å². The number of hydrogen-bond acceptors (Lipinski definition) is 6. The van der Waals surface area contributed by atoms with Gasteiger partial charge >= 0.3 is 0 Å². The molecular weight excluding hydrogens is 284 g/mol. The van der Waals surface area contributed by atoms with Crippen molar-refractivity contribution in [2.45, 2.75) is 15.9 Å². The molecule has 2 aromatic heterocycles. The molecule has 7 heteroatoms. The van der Waals surface area contributed by atoms with Crippen molar-refractivity contribution >= 4 is 34.9 Å². The number of methoxy groups -OCH3 is 1. The molecule has 0 aromatic carbocycles. The Morgan fingerprint density at radius 1 is 1.26 bits per heavy atom. The van der Waals surface area contributed by atoms with Gasteiger partial charge in [0.15, 0.2) is 5.82 Å². The van der Waals surface area contributed by atoms with Crippen LogP contribution in [0, 0.1) is 0 Å². The molecule has 0 saturated carbocycles. The zero-order chi connectivity index (χ0) is 13.2. The van der Waals surface area contributed by atoms with Gasteiger partial charge < -0.3 is 4.74 Å². The van der Waals surface area contributed by atoms with Gasteiger partial charge in [0, 0.05) is 31.6 Å². The second-order valence-electron chi connectivity index (χ2n) is 3.93. The van der Waals surface area contributed by atoms with Crippen molar-refractivity contribution < 1.29 is 4.74 Å². The summed E-state index contributed by atoms with van der Waals surface area (Å²) in [7, 11) is 1.65. The van der Waals surface area contributed by atoms with Crippen molar-refractivity contribution in [1.82, 2.24) is 15.0 Å². The molecule has 0 bridgehead atoms. The Balaban J connectivity index is 2.12. The Bertz CT molecular complexity index is 610. The summed E-state index contributed by atoms with van der Waals surface area (Å²) in [6.07, 6.45) is 5.13. The van der Waals surface area contributed by atoms with E-state index in [1.807, 2.05) is 11.0 Å². The molecule has 0 N–H and O–H groups in total. The van der Waals surface area contributed by atoms with Crippen molar-refractivity contribution in [3.63, 3.8) is 0 Å². The van der Waals surface area contributed by atoms with E-state index < -0.39 is 0 Å². The van der Waals surface area contributed by atoms with Gasteiger partial charge in [-0.25, -0.2) is 15.0 Å². The lowest BCUT2D eigenvalue weighted by Crippen LogP contribution is -2.25. The molecular formula is C12H11ClN4OS. The van der Waals surface area contributed by atoms with Crippen LogP contribution in [-0.4, -0.2) is 28.8 Å². The highest BCUT2D eigenvalue weighted by molar-refractivity contribution is 7.99. The minimum absolute atomic E-state index is 0.396. The van der Waals surface area contributed by atoms with Gasteiger partial charge in [0.1, 0.15) is 16.8 Å². The minimum Gasteiger partial charge on any atom is -0.364 e. The number of ether oxygens (including phenoxy) is 1. The number of fused-ring (bicyclic) bond motifs is 2. The molecule has 0 radical (unpaired) electrons. The first-order valence-electron chi connectivity index (χ1n) is 5.63. The SMILES string of the molecule is COCN1c2cc(CCl)cnc2Sc2nccnc21. The number of rotatable bonds is 3. The molecule has 0 amide bonds. The van der Waals surface area contributed by atoms with E-state index in [0.717, 1.165) is 27.1 Å². The van der Waals surface area contributed by atoms with E-state index in [4.69, 9.17) is 16.3 Å². The number of aromatic nitrogens is 3. The second-order valence-corrected chi connectivity index (χ2v) is 5.18. The number of hydrogen-bond donors (Lipinski definition) is 0. The topological polar surface area (TPSA) is 51.1 Å². The molecule has 0 fully saturated rings. The van der Waals surface area contributed by atoms with Gasteiger partial charge in [0.2, 0.25) is 0 Å². The van der Waals surface area contributed by atoms with Crippen LogP contribution in [0.15, 0.2) is 34.7 Å². The van der Waals surface area contributed by atoms with Crippen LogP contribution in [0.4, 0.5) is 11.5 Å². The predicted molar refractivity (Wildman–Crippen MR) is 74.0 cm³/mol. The van der Waals surface area contributed by atoms with Crippen LogP contribution in [0.3, 0.4) is 0 Å². The summed E-state index contributed by atoms with van der Waals surface area (Å²) in [5, 5.41) is 1.72. The van der Waals surface area contributed by atoms with Crippen LogP contribution < -0.4 is 4.90 Å². The van der Waals surface area contributed by atoms with Gasteiger partial charge in [-0.05, 0) is 23.4 Å². The molecule has 1 aliphatic heterocycles. The average Bonchev–Trinajstić information content (AvgIpc) is 2.47. The molecule has 0 aliphatic carbocycles. The first kappa shape index (κ1) is 12.7. The standard InChI is InChI=1S/C12H11ClN4OS/c1-18-7-17-9-4-8(5-13)6-16-11(9)19-12-10(17)14-2-3-15-12/h2-4,6H,5,7H2,1H3. The summed E-state index contributed by atoms with van der Waals surface area (Å²) in [4.78, 5) is 15.1. The van der Waals surface area contributed by atoms with Crippen molar-refractivity contribution in [2.75, 3.05) is 18.7 Å². The fraction of sp³-hybridized carbons (Fsp3) is 0.250. The van der Waals surface area contributed by atoms with E-state index in [0.29, 0.717) is 12.6 Å². The van der Waals surface area contributed by atoms with E-state index >= 15 is 0 Å². The van der Waals surface area contributed by atoms with Gasteiger partial charge in [0.25, 0.3) is 0 Å². The van der Waals surface area contributed by atoms with Crippen molar-refractivity contribution in [2.24, 2.45) is 0 Å². The monoisotopic (exact) mass is 294 g/mol. The fourth-order valence-electron chi connectivity index (χ4n) is 1.87. The zero-order valence-corrected chi connectivity index (χ0v) is 11.8. The van der Waals surface area contributed by atoms with Crippen molar-refractivity contribution in [1.29, 1.82) is 0 Å². The number of halogens is 1. The van der Waals surface area contributed by atoms with E-state index in [1.165, 1.54) is 11.8 Å². The second kappa shape index (κ2) is 5.32. The fourth-order valence-corrected chi connectivity index (χ4v) is 2.94. The predicted octanol–water partition coefficient (Wildman–Crippen LogP) is 2.82. The number of anilines is 2. The average molecular weight is 295 g/mol. The quantitative estimate of drug-likeness (QED) is 0.811. The van der Waals surface area contributed by atoms with Gasteiger partial charge in [-0.1, -0.05) is 0 Å². The minimum atomic E-state index is 0.396. The maximum atomic E-state index is 5.87. The normalized spacial score (nSPS) is 13.1.